The van der Waals surface area contributed by atoms with Gasteiger partial charge in [-0.3, -0.25) is 9.59 Å². The zero-order valence-corrected chi connectivity index (χ0v) is 18.6. The van der Waals surface area contributed by atoms with E-state index in [4.69, 9.17) is 16.3 Å². The third kappa shape index (κ3) is 5.06. The van der Waals surface area contributed by atoms with Gasteiger partial charge in [0, 0.05) is 23.5 Å². The first-order valence-electron chi connectivity index (χ1n) is 10.0. The molecule has 3 aromatic rings. The molecule has 160 valence electrons. The molecule has 1 aliphatic rings. The largest absolute Gasteiger partial charge is 0.486 e. The minimum absolute atomic E-state index is 0.0492. The highest BCUT2D eigenvalue weighted by Crippen LogP contribution is 2.25. The van der Waals surface area contributed by atoms with Crippen LogP contribution in [-0.2, 0) is 6.61 Å². The van der Waals surface area contributed by atoms with E-state index >= 15 is 0 Å². The van der Waals surface area contributed by atoms with Crippen LogP contribution in [0, 0.1) is 6.92 Å². The average molecular weight is 456 g/mol. The summed E-state index contributed by atoms with van der Waals surface area (Å²) in [7, 11) is 0. The molecule has 1 aromatic heterocycles. The van der Waals surface area contributed by atoms with E-state index in [0.29, 0.717) is 32.7 Å². The maximum absolute atomic E-state index is 12.9. The number of carbonyl (C=O) groups excluding carboxylic acids is 2. The molecule has 1 fully saturated rings. The number of aromatic nitrogens is 1. The molecule has 1 aliphatic heterocycles. The van der Waals surface area contributed by atoms with E-state index in [0.717, 1.165) is 31.5 Å². The molecule has 31 heavy (non-hydrogen) atoms. The van der Waals surface area contributed by atoms with Gasteiger partial charge in [-0.15, -0.1) is 11.3 Å². The van der Waals surface area contributed by atoms with Crippen molar-refractivity contribution in [3.8, 4) is 5.75 Å². The van der Waals surface area contributed by atoms with Gasteiger partial charge in [0.1, 0.15) is 23.1 Å². The van der Waals surface area contributed by atoms with Crippen molar-refractivity contribution in [1.82, 2.24) is 9.88 Å². The molecule has 8 heteroatoms. The molecule has 0 aliphatic carbocycles. The van der Waals surface area contributed by atoms with Crippen molar-refractivity contribution >= 4 is 40.4 Å². The fourth-order valence-corrected chi connectivity index (χ4v) is 4.25. The summed E-state index contributed by atoms with van der Waals surface area (Å²) in [5.41, 5.74) is 2.18. The summed E-state index contributed by atoms with van der Waals surface area (Å²) >= 11 is 7.23. The topological polar surface area (TPSA) is 71.5 Å². The van der Waals surface area contributed by atoms with Gasteiger partial charge in [-0.25, -0.2) is 4.98 Å². The first-order chi connectivity index (χ1) is 15.0. The number of benzene rings is 2. The molecule has 6 nitrogen and oxygen atoms in total. The second kappa shape index (κ2) is 9.49. The zero-order valence-electron chi connectivity index (χ0n) is 17.1. The summed E-state index contributed by atoms with van der Waals surface area (Å²) < 4.78 is 5.69. The van der Waals surface area contributed by atoms with E-state index in [1.54, 1.807) is 35.7 Å². The number of para-hydroxylation sites is 1. The zero-order chi connectivity index (χ0) is 21.8. The fourth-order valence-electron chi connectivity index (χ4n) is 3.44. The third-order valence-corrected chi connectivity index (χ3v) is 6.17. The number of amides is 2. The van der Waals surface area contributed by atoms with Crippen LogP contribution in [0.1, 0.15) is 44.3 Å². The minimum atomic E-state index is -0.348. The first-order valence-corrected chi connectivity index (χ1v) is 11.3. The fraction of sp³-hybridized carbons (Fsp3) is 0.261. The second-order valence-corrected chi connectivity index (χ2v) is 8.70. The normalized spacial score (nSPS) is 13.3. The minimum Gasteiger partial charge on any atom is -0.486 e. The molecule has 2 heterocycles. The Bertz CT molecular complexity index is 1090. The maximum Gasteiger partial charge on any atom is 0.275 e. The Morgan fingerprint density at radius 3 is 2.65 bits per heavy atom. The van der Waals surface area contributed by atoms with Gasteiger partial charge in [0.05, 0.1) is 11.3 Å². The Hall–Kier alpha value is -2.90. The van der Waals surface area contributed by atoms with E-state index < -0.39 is 0 Å². The van der Waals surface area contributed by atoms with Gasteiger partial charge in [0.25, 0.3) is 11.8 Å². The Balaban J connectivity index is 1.45. The second-order valence-electron chi connectivity index (χ2n) is 7.32. The van der Waals surface area contributed by atoms with Crippen LogP contribution in [0.4, 0.5) is 5.69 Å². The number of carbonyl (C=O) groups is 2. The lowest BCUT2D eigenvalue weighted by molar-refractivity contribution is 0.0793. The molecule has 1 N–H and O–H groups in total. The van der Waals surface area contributed by atoms with Crippen molar-refractivity contribution in [2.45, 2.75) is 26.4 Å². The quantitative estimate of drug-likeness (QED) is 0.556. The SMILES string of the molecule is Cc1cccc(C(=O)N2CCCC2)c1NC(=O)c1csc(COc2ccc(Cl)cc2)n1. The lowest BCUT2D eigenvalue weighted by atomic mass is 10.1. The summed E-state index contributed by atoms with van der Waals surface area (Å²) in [6, 6.07) is 12.5. The molecule has 0 spiro atoms. The Labute approximate surface area is 189 Å². The number of likely N-dealkylation sites (tertiary alicyclic amines) is 1. The number of hydrogen-bond acceptors (Lipinski definition) is 5. The van der Waals surface area contributed by atoms with Crippen molar-refractivity contribution in [1.29, 1.82) is 0 Å². The van der Waals surface area contributed by atoms with Gasteiger partial charge in [-0.1, -0.05) is 23.7 Å². The molecule has 0 bridgehead atoms. The van der Waals surface area contributed by atoms with Crippen LogP contribution in [0.15, 0.2) is 47.8 Å². The van der Waals surface area contributed by atoms with Gasteiger partial charge in [-0.2, -0.15) is 0 Å². The summed E-state index contributed by atoms with van der Waals surface area (Å²) in [6.07, 6.45) is 2.03. The standard InChI is InChI=1S/C23H22ClN3O3S/c1-15-5-4-6-18(23(29)27-11-2-3-12-27)21(15)26-22(28)19-14-31-20(25-19)13-30-17-9-7-16(24)8-10-17/h4-10,14H,2-3,11-13H2,1H3,(H,26,28). The van der Waals surface area contributed by atoms with Crippen LogP contribution < -0.4 is 10.1 Å². The van der Waals surface area contributed by atoms with Crippen molar-refractivity contribution in [2.75, 3.05) is 18.4 Å². The molecule has 0 unspecified atom stereocenters. The third-order valence-electron chi connectivity index (χ3n) is 5.10. The molecule has 0 atom stereocenters. The van der Waals surface area contributed by atoms with Gasteiger partial charge < -0.3 is 15.0 Å². The summed E-state index contributed by atoms with van der Waals surface area (Å²) in [5, 5.41) is 5.90. The number of hydrogen-bond donors (Lipinski definition) is 1. The molecular formula is C23H22ClN3O3S. The number of nitrogens with one attached hydrogen (secondary N) is 1. The number of thiazole rings is 1. The first kappa shape index (κ1) is 21.3. The lowest BCUT2D eigenvalue weighted by Gasteiger charge is -2.19. The molecule has 2 aromatic carbocycles. The van der Waals surface area contributed by atoms with Crippen LogP contribution >= 0.6 is 22.9 Å². The van der Waals surface area contributed by atoms with Crippen LogP contribution in [0.25, 0.3) is 0 Å². The van der Waals surface area contributed by atoms with E-state index in [1.807, 2.05) is 24.0 Å². The summed E-state index contributed by atoms with van der Waals surface area (Å²) in [6.45, 7) is 3.64. The number of anilines is 1. The number of rotatable bonds is 6. The monoisotopic (exact) mass is 455 g/mol. The smallest absolute Gasteiger partial charge is 0.275 e. The highest BCUT2D eigenvalue weighted by atomic mass is 35.5. The van der Waals surface area contributed by atoms with Gasteiger partial charge >= 0.3 is 0 Å². The van der Waals surface area contributed by atoms with Crippen LogP contribution in [0.5, 0.6) is 5.75 Å². The van der Waals surface area contributed by atoms with Gasteiger partial charge in [0.2, 0.25) is 0 Å². The number of nitrogens with zero attached hydrogens (tertiary/aromatic N) is 2. The predicted molar refractivity (Wildman–Crippen MR) is 122 cm³/mol. The number of halogens is 1. The molecule has 0 saturated carbocycles. The summed E-state index contributed by atoms with van der Waals surface area (Å²) in [5.74, 6) is 0.279. The average Bonchev–Trinajstić information content (AvgIpc) is 3.47. The molecule has 1 saturated heterocycles. The van der Waals surface area contributed by atoms with Crippen molar-refractivity contribution in [3.63, 3.8) is 0 Å². The van der Waals surface area contributed by atoms with Crippen molar-refractivity contribution < 1.29 is 14.3 Å². The maximum atomic E-state index is 12.9. The van der Waals surface area contributed by atoms with E-state index in [-0.39, 0.29) is 18.4 Å². The van der Waals surface area contributed by atoms with E-state index in [1.165, 1.54) is 11.3 Å². The number of aryl methyl sites for hydroxylation is 1. The van der Waals surface area contributed by atoms with Crippen molar-refractivity contribution in [3.05, 3.63) is 74.7 Å². The Morgan fingerprint density at radius 1 is 1.16 bits per heavy atom. The molecular weight excluding hydrogens is 434 g/mol. The van der Waals surface area contributed by atoms with Gasteiger partial charge in [-0.05, 0) is 55.7 Å². The molecule has 0 radical (unpaired) electrons. The molecule has 4 rings (SSSR count). The van der Waals surface area contributed by atoms with Gasteiger partial charge in [0.15, 0.2) is 0 Å². The number of ether oxygens (including phenoxy) is 1. The van der Waals surface area contributed by atoms with Crippen LogP contribution in [0.3, 0.4) is 0 Å². The highest BCUT2D eigenvalue weighted by Gasteiger charge is 2.24. The highest BCUT2D eigenvalue weighted by molar-refractivity contribution is 7.09. The van der Waals surface area contributed by atoms with Crippen LogP contribution in [-0.4, -0.2) is 34.8 Å². The van der Waals surface area contributed by atoms with Crippen molar-refractivity contribution in [2.24, 2.45) is 0 Å². The van der Waals surface area contributed by atoms with E-state index in [2.05, 4.69) is 10.3 Å². The summed E-state index contributed by atoms with van der Waals surface area (Å²) in [4.78, 5) is 32.0. The Kier molecular flexibility index (Phi) is 6.53. The Morgan fingerprint density at radius 2 is 1.90 bits per heavy atom. The predicted octanol–water partition coefficient (Wildman–Crippen LogP) is 5.17. The lowest BCUT2D eigenvalue weighted by Crippen LogP contribution is -2.29. The van der Waals surface area contributed by atoms with E-state index in [9.17, 15) is 9.59 Å². The molecule has 2 amide bonds. The van der Waals surface area contributed by atoms with Crippen LogP contribution in [0.2, 0.25) is 5.02 Å².